The van der Waals surface area contributed by atoms with E-state index in [0.29, 0.717) is 22.5 Å². The van der Waals surface area contributed by atoms with Crippen molar-refractivity contribution in [3.8, 4) is 44.8 Å². The third-order valence-electron chi connectivity index (χ3n) is 6.96. The molecule has 6 aromatic rings. The predicted molar refractivity (Wildman–Crippen MR) is 162 cm³/mol. The summed E-state index contributed by atoms with van der Waals surface area (Å²) in [7, 11) is -3.92. The van der Waals surface area contributed by atoms with E-state index in [4.69, 9.17) is 0 Å². The highest BCUT2D eigenvalue weighted by molar-refractivity contribution is 7.89. The summed E-state index contributed by atoms with van der Waals surface area (Å²) in [5.74, 6) is -2.53. The molecule has 0 atom stereocenters. The second-order valence-corrected chi connectivity index (χ2v) is 12.0. The van der Waals surface area contributed by atoms with Gasteiger partial charge in [-0.05, 0) is 36.4 Å². The van der Waals surface area contributed by atoms with Gasteiger partial charge in [0, 0.05) is 81.7 Å². The Bertz CT molecular complexity index is 1880. The average Bonchev–Trinajstić information content (AvgIpc) is 3.04. The van der Waals surface area contributed by atoms with Gasteiger partial charge in [0.1, 0.15) is 11.6 Å². The fraction of sp³-hybridized carbons (Fsp3) is 0.0588. The smallest absolute Gasteiger partial charge is 0.158 e. The molecule has 0 unspecified atom stereocenters. The summed E-state index contributed by atoms with van der Waals surface area (Å²) in [5.41, 5.74) is 5.27. The van der Waals surface area contributed by atoms with Crippen molar-refractivity contribution in [2.45, 2.75) is 11.5 Å². The molecule has 0 saturated heterocycles. The summed E-state index contributed by atoms with van der Waals surface area (Å²) < 4.78 is 56.7. The standard InChI is InChI=1S/C34H24F2N4O2S/c35-31-17-23(33-29(7-3-15-39-33)25-5-1-13-37-19-25)9-11-27(31)21-43(41,42)22-28-12-10-24(18-32(28)36)34-30(8-4-16-40-34)26-6-2-14-38-20-26/h1-20H,21-22H2. The molecular formula is C34H24F2N4O2S. The molecule has 43 heavy (non-hydrogen) atoms. The Morgan fingerprint density at radius 2 is 0.977 bits per heavy atom. The van der Waals surface area contributed by atoms with Crippen LogP contribution in [0.3, 0.4) is 0 Å². The first-order chi connectivity index (χ1) is 20.9. The van der Waals surface area contributed by atoms with Crippen LogP contribution in [0.15, 0.2) is 122 Å². The lowest BCUT2D eigenvalue weighted by Gasteiger charge is -2.12. The zero-order valence-electron chi connectivity index (χ0n) is 22.7. The Kier molecular flexibility index (Phi) is 7.81. The minimum absolute atomic E-state index is 0.00534. The molecule has 0 aliphatic carbocycles. The number of pyridine rings is 4. The van der Waals surface area contributed by atoms with Crippen molar-refractivity contribution in [1.82, 2.24) is 19.9 Å². The summed E-state index contributed by atoms with van der Waals surface area (Å²) in [6.07, 6.45) is 9.93. The van der Waals surface area contributed by atoms with Crippen LogP contribution < -0.4 is 0 Å². The Morgan fingerprint density at radius 3 is 1.37 bits per heavy atom. The second kappa shape index (κ2) is 12.0. The Morgan fingerprint density at radius 1 is 0.535 bits per heavy atom. The molecule has 0 radical (unpaired) electrons. The molecule has 2 aromatic carbocycles. The number of benzene rings is 2. The minimum atomic E-state index is -3.92. The SMILES string of the molecule is O=S(=O)(Cc1ccc(-c2ncccc2-c2cccnc2)cc1F)Cc1ccc(-c2ncccc2-c2cccnc2)cc1F. The number of hydrogen-bond donors (Lipinski definition) is 0. The van der Waals surface area contributed by atoms with Gasteiger partial charge < -0.3 is 0 Å². The molecule has 9 heteroatoms. The van der Waals surface area contributed by atoms with Crippen molar-refractivity contribution < 1.29 is 17.2 Å². The molecule has 4 aromatic heterocycles. The fourth-order valence-corrected chi connectivity index (χ4v) is 6.45. The maximum Gasteiger partial charge on any atom is 0.158 e. The van der Waals surface area contributed by atoms with E-state index in [-0.39, 0.29) is 11.1 Å². The highest BCUT2D eigenvalue weighted by Gasteiger charge is 2.20. The molecule has 6 nitrogen and oxygen atoms in total. The molecule has 0 aliphatic heterocycles. The van der Waals surface area contributed by atoms with Crippen LogP contribution in [0, 0.1) is 11.6 Å². The van der Waals surface area contributed by atoms with Crippen molar-refractivity contribution in [3.63, 3.8) is 0 Å². The van der Waals surface area contributed by atoms with Gasteiger partial charge in [-0.25, -0.2) is 17.2 Å². The molecule has 0 bridgehead atoms. The summed E-state index contributed by atoms with van der Waals surface area (Å²) in [6, 6.07) is 23.3. The van der Waals surface area contributed by atoms with Gasteiger partial charge in [-0.15, -0.1) is 0 Å². The largest absolute Gasteiger partial charge is 0.264 e. The van der Waals surface area contributed by atoms with Crippen LogP contribution in [0.4, 0.5) is 8.78 Å². The van der Waals surface area contributed by atoms with E-state index < -0.39 is 33.0 Å². The third-order valence-corrected chi connectivity index (χ3v) is 8.47. The highest BCUT2D eigenvalue weighted by Crippen LogP contribution is 2.33. The zero-order valence-corrected chi connectivity index (χ0v) is 23.5. The number of nitrogens with zero attached hydrogens (tertiary/aromatic N) is 4. The number of rotatable bonds is 8. The maximum absolute atomic E-state index is 15.2. The molecular weight excluding hydrogens is 566 g/mol. The summed E-state index contributed by atoms with van der Waals surface area (Å²) >= 11 is 0. The van der Waals surface area contributed by atoms with Gasteiger partial charge in [0.25, 0.3) is 0 Å². The van der Waals surface area contributed by atoms with Crippen molar-refractivity contribution in [1.29, 1.82) is 0 Å². The fourth-order valence-electron chi connectivity index (χ4n) is 4.93. The van der Waals surface area contributed by atoms with Crippen LogP contribution in [0.1, 0.15) is 11.1 Å². The summed E-state index contributed by atoms with van der Waals surface area (Å²) in [6.45, 7) is 0. The van der Waals surface area contributed by atoms with Crippen LogP contribution in [0.2, 0.25) is 0 Å². The van der Waals surface area contributed by atoms with Crippen LogP contribution in [0.5, 0.6) is 0 Å². The van der Waals surface area contributed by atoms with Gasteiger partial charge in [-0.2, -0.15) is 0 Å². The lowest BCUT2D eigenvalue weighted by Crippen LogP contribution is -2.10. The van der Waals surface area contributed by atoms with Gasteiger partial charge in [0.2, 0.25) is 0 Å². The quantitative estimate of drug-likeness (QED) is 0.185. The second-order valence-electron chi connectivity index (χ2n) is 9.93. The van der Waals surface area contributed by atoms with Gasteiger partial charge in [-0.3, -0.25) is 19.9 Å². The average molecular weight is 591 g/mol. The first kappa shape index (κ1) is 28.0. The van der Waals surface area contributed by atoms with Crippen molar-refractivity contribution in [3.05, 3.63) is 145 Å². The summed E-state index contributed by atoms with van der Waals surface area (Å²) in [4.78, 5) is 17.1. The molecule has 0 fully saturated rings. The normalized spacial score (nSPS) is 11.4. The first-order valence-corrected chi connectivity index (χ1v) is 15.2. The molecule has 4 heterocycles. The molecule has 0 spiro atoms. The van der Waals surface area contributed by atoms with Gasteiger partial charge >= 0.3 is 0 Å². The molecule has 0 saturated carbocycles. The van der Waals surface area contributed by atoms with Crippen molar-refractivity contribution in [2.75, 3.05) is 0 Å². The van der Waals surface area contributed by atoms with E-state index in [1.54, 1.807) is 73.6 Å². The number of halogens is 2. The Hall–Kier alpha value is -5.15. The van der Waals surface area contributed by atoms with Crippen LogP contribution in [-0.4, -0.2) is 28.4 Å². The van der Waals surface area contributed by atoms with Crippen molar-refractivity contribution in [2.24, 2.45) is 0 Å². The van der Waals surface area contributed by atoms with Gasteiger partial charge in [0.15, 0.2) is 9.84 Å². The number of sulfone groups is 1. The molecule has 212 valence electrons. The van der Waals surface area contributed by atoms with E-state index in [9.17, 15) is 8.42 Å². The summed E-state index contributed by atoms with van der Waals surface area (Å²) in [5, 5.41) is 0. The topological polar surface area (TPSA) is 85.7 Å². The highest BCUT2D eigenvalue weighted by atomic mass is 32.2. The monoisotopic (exact) mass is 590 g/mol. The molecule has 6 rings (SSSR count). The molecule has 0 amide bonds. The maximum atomic E-state index is 15.2. The Labute approximate surface area is 247 Å². The van der Waals surface area contributed by atoms with E-state index >= 15 is 8.78 Å². The lowest BCUT2D eigenvalue weighted by molar-refractivity contribution is 0.581. The first-order valence-electron chi connectivity index (χ1n) is 13.4. The number of aromatic nitrogens is 4. The molecule has 0 aliphatic rings. The van der Waals surface area contributed by atoms with Crippen LogP contribution in [-0.2, 0) is 21.3 Å². The van der Waals surface area contributed by atoms with E-state index in [1.807, 2.05) is 24.3 Å². The van der Waals surface area contributed by atoms with E-state index in [1.165, 1.54) is 24.3 Å². The van der Waals surface area contributed by atoms with E-state index in [0.717, 1.165) is 22.3 Å². The van der Waals surface area contributed by atoms with Gasteiger partial charge in [0.05, 0.1) is 22.9 Å². The lowest BCUT2D eigenvalue weighted by atomic mass is 10.00. The minimum Gasteiger partial charge on any atom is -0.264 e. The predicted octanol–water partition coefficient (Wildman–Crippen LogP) is 7.33. The zero-order chi connectivity index (χ0) is 29.8. The van der Waals surface area contributed by atoms with Crippen molar-refractivity contribution >= 4 is 9.84 Å². The van der Waals surface area contributed by atoms with Crippen LogP contribution in [0.25, 0.3) is 44.8 Å². The van der Waals surface area contributed by atoms with Crippen LogP contribution >= 0.6 is 0 Å². The number of hydrogen-bond acceptors (Lipinski definition) is 6. The van der Waals surface area contributed by atoms with Gasteiger partial charge in [-0.1, -0.05) is 48.5 Å². The molecule has 0 N–H and O–H groups in total. The third kappa shape index (κ3) is 6.22. The Balaban J connectivity index is 1.22. The van der Waals surface area contributed by atoms with E-state index in [2.05, 4.69) is 19.9 Å².